The number of oxazole rings is 2. The van der Waals surface area contributed by atoms with E-state index in [0.29, 0.717) is 66.8 Å². The van der Waals surface area contributed by atoms with Crippen molar-refractivity contribution in [2.75, 3.05) is 26.3 Å². The van der Waals surface area contributed by atoms with Gasteiger partial charge in [-0.25, -0.2) is 9.97 Å². The zero-order chi connectivity index (χ0) is 46.8. The number of nitrogens with zero attached hydrogens (tertiary/aromatic N) is 3. The molecule has 0 amide bonds. The highest BCUT2D eigenvalue weighted by Gasteiger charge is 2.15. The molecule has 0 fully saturated rings. The van der Waals surface area contributed by atoms with Crippen molar-refractivity contribution in [3.8, 4) is 45.9 Å². The highest BCUT2D eigenvalue weighted by Crippen LogP contribution is 2.27. The molecule has 0 radical (unpaired) electrons. The summed E-state index contributed by atoms with van der Waals surface area (Å²) in [5.74, 6) is 4.94. The van der Waals surface area contributed by atoms with Gasteiger partial charge in [0.05, 0.1) is 31.1 Å². The Kier molecular flexibility index (Phi) is 17.4. The van der Waals surface area contributed by atoms with E-state index in [1.807, 2.05) is 140 Å². The molecule has 0 spiro atoms. The smallest absolute Gasteiger partial charge is 0.317 e. The van der Waals surface area contributed by atoms with Gasteiger partial charge in [0.15, 0.2) is 0 Å². The van der Waals surface area contributed by atoms with Crippen LogP contribution in [0.5, 0.6) is 23.0 Å². The van der Waals surface area contributed by atoms with Crippen molar-refractivity contribution in [1.29, 1.82) is 0 Å². The van der Waals surface area contributed by atoms with Gasteiger partial charge in [0.25, 0.3) is 0 Å². The normalized spacial score (nSPS) is 10.9. The number of ether oxygens (including phenoxy) is 3. The molecule has 0 bridgehead atoms. The van der Waals surface area contributed by atoms with Crippen molar-refractivity contribution in [3.05, 3.63) is 202 Å². The maximum atomic E-state index is 11.7. The maximum Gasteiger partial charge on any atom is 0.317 e. The van der Waals surface area contributed by atoms with Crippen LogP contribution >= 0.6 is 11.6 Å². The van der Waals surface area contributed by atoms with Crippen LogP contribution in [0.25, 0.3) is 22.9 Å². The van der Waals surface area contributed by atoms with E-state index in [-0.39, 0.29) is 6.54 Å². The van der Waals surface area contributed by atoms with Gasteiger partial charge in [-0.2, -0.15) is 0 Å². The van der Waals surface area contributed by atoms with Crippen LogP contribution in [-0.2, 0) is 37.3 Å². The minimum atomic E-state index is -0.895. The lowest BCUT2D eigenvalue weighted by Gasteiger charge is -2.21. The third kappa shape index (κ3) is 14.9. The molecule has 2 N–H and O–H groups in total. The van der Waals surface area contributed by atoms with Crippen molar-refractivity contribution in [1.82, 2.24) is 20.2 Å². The summed E-state index contributed by atoms with van der Waals surface area (Å²) in [6.07, 6.45) is 1.32. The summed E-state index contributed by atoms with van der Waals surface area (Å²) in [6.45, 7) is 9.55. The van der Waals surface area contributed by atoms with Gasteiger partial charge in [0, 0.05) is 48.6 Å². The first-order chi connectivity index (χ1) is 32.7. The molecule has 8 aromatic rings. The van der Waals surface area contributed by atoms with E-state index in [9.17, 15) is 9.90 Å². The van der Waals surface area contributed by atoms with E-state index in [1.165, 1.54) is 5.56 Å². The summed E-state index contributed by atoms with van der Waals surface area (Å²) in [4.78, 5) is 22.8. The minimum absolute atomic E-state index is 0.109. The number of hydrogen-bond donors (Lipinski definition) is 2. The summed E-state index contributed by atoms with van der Waals surface area (Å²) in [5.41, 5.74) is 6.85. The second-order valence-corrected chi connectivity index (χ2v) is 16.2. The van der Waals surface area contributed by atoms with Crippen LogP contribution in [0.2, 0.25) is 5.02 Å². The number of aromatic nitrogens is 2. The molecule has 67 heavy (non-hydrogen) atoms. The average Bonchev–Trinajstić information content (AvgIpc) is 3.90. The number of rotatable bonds is 21. The Balaban J connectivity index is 0.000000227. The van der Waals surface area contributed by atoms with Crippen LogP contribution in [0.1, 0.15) is 46.5 Å². The third-order valence-corrected chi connectivity index (χ3v) is 10.8. The Labute approximate surface area is 397 Å². The van der Waals surface area contributed by atoms with Crippen LogP contribution in [-0.4, -0.2) is 52.2 Å². The fourth-order valence-electron chi connectivity index (χ4n) is 7.23. The number of halogens is 1. The first-order valence-electron chi connectivity index (χ1n) is 22.3. The number of carboxylic acid groups (broad SMARTS) is 1. The summed E-state index contributed by atoms with van der Waals surface area (Å²) in [6, 6.07) is 50.4. The molecule has 0 unspecified atom stereocenters. The van der Waals surface area contributed by atoms with Crippen LogP contribution in [0.15, 0.2) is 167 Å². The Morgan fingerprint density at radius 2 is 1.09 bits per heavy atom. The van der Waals surface area contributed by atoms with Gasteiger partial charge in [-0.05, 0) is 122 Å². The monoisotopic (exact) mass is 918 g/mol. The van der Waals surface area contributed by atoms with E-state index >= 15 is 0 Å². The highest BCUT2D eigenvalue weighted by atomic mass is 35.5. The zero-order valence-corrected chi connectivity index (χ0v) is 38.7. The SMILES string of the molecule is CCNCc1cccc(OCCc2nc(-c3ccccc3)oc2C)c1.Cc1oc(-c2ccccc2)nc1CCOc1cccc(CN(CC(=O)O)Cc2cccc(Oc3ccc(Cl)cc3)c2)c1. The first kappa shape index (κ1) is 47.8. The number of benzene rings is 6. The van der Waals surface area contributed by atoms with Crippen LogP contribution in [0.4, 0.5) is 0 Å². The van der Waals surface area contributed by atoms with Gasteiger partial charge < -0.3 is 33.5 Å². The first-order valence-corrected chi connectivity index (χ1v) is 22.7. The molecule has 0 aliphatic carbocycles. The molecule has 0 saturated heterocycles. The molecular weight excluding hydrogens is 864 g/mol. The van der Waals surface area contributed by atoms with Gasteiger partial charge in [0.1, 0.15) is 34.5 Å². The quantitative estimate of drug-likeness (QED) is 0.0714. The Bertz CT molecular complexity index is 2780. The number of aliphatic carboxylic acids is 1. The number of carboxylic acids is 1. The lowest BCUT2D eigenvalue weighted by molar-refractivity contribution is -0.138. The van der Waals surface area contributed by atoms with Crippen molar-refractivity contribution in [3.63, 3.8) is 0 Å². The molecule has 0 aliphatic heterocycles. The lowest BCUT2D eigenvalue weighted by atomic mass is 10.1. The van der Waals surface area contributed by atoms with Crippen LogP contribution in [0, 0.1) is 13.8 Å². The number of aryl methyl sites for hydroxylation is 2. The molecule has 0 atom stereocenters. The molecule has 0 saturated carbocycles. The van der Waals surface area contributed by atoms with Gasteiger partial charge in [0.2, 0.25) is 11.8 Å². The Hall–Kier alpha value is -7.18. The number of nitrogens with one attached hydrogen (secondary N) is 1. The van der Waals surface area contributed by atoms with Crippen molar-refractivity contribution < 1.29 is 32.9 Å². The van der Waals surface area contributed by atoms with Gasteiger partial charge in [-0.1, -0.05) is 91.3 Å². The molecule has 12 heteroatoms. The van der Waals surface area contributed by atoms with Gasteiger partial charge in [-0.3, -0.25) is 9.69 Å². The van der Waals surface area contributed by atoms with E-state index in [4.69, 9.17) is 34.6 Å². The maximum absolute atomic E-state index is 11.7. The van der Waals surface area contributed by atoms with Crippen molar-refractivity contribution in [2.45, 2.75) is 53.2 Å². The van der Waals surface area contributed by atoms with Crippen LogP contribution < -0.4 is 19.5 Å². The highest BCUT2D eigenvalue weighted by molar-refractivity contribution is 6.30. The molecule has 6 aromatic carbocycles. The summed E-state index contributed by atoms with van der Waals surface area (Å²) >= 11 is 5.97. The van der Waals surface area contributed by atoms with E-state index in [0.717, 1.165) is 70.4 Å². The van der Waals surface area contributed by atoms with Crippen LogP contribution in [0.3, 0.4) is 0 Å². The summed E-state index contributed by atoms with van der Waals surface area (Å²) < 4.78 is 29.5. The van der Waals surface area contributed by atoms with Gasteiger partial charge >= 0.3 is 5.97 Å². The van der Waals surface area contributed by atoms with E-state index < -0.39 is 5.97 Å². The molecule has 11 nitrogen and oxygen atoms in total. The van der Waals surface area contributed by atoms with Crippen molar-refractivity contribution >= 4 is 17.6 Å². The fourth-order valence-corrected chi connectivity index (χ4v) is 7.36. The standard InChI is InChI=1S/C34H31ClN2O5.C21H24N2O2/c1-24-32(36-34(41-24)27-9-3-2-4-10-27)17-18-40-30-11-5-7-25(19-30)21-37(23-33(38)39)22-26-8-6-12-31(20-26)42-29-15-13-28(35)14-16-29;1-3-22-15-17-8-7-11-19(14-17)24-13-12-20-16(2)25-21(23-20)18-9-5-4-6-10-18/h2-16,19-20H,17-18,21-23H2,1H3,(H,38,39);4-11,14,22H,3,12-13,15H2,1-2H3. The second-order valence-electron chi connectivity index (χ2n) is 15.8. The molecular formula is C55H55ClN4O7. The number of carbonyl (C=O) groups is 1. The van der Waals surface area contributed by atoms with E-state index in [1.54, 1.807) is 24.3 Å². The largest absolute Gasteiger partial charge is 0.493 e. The Morgan fingerprint density at radius 3 is 1.60 bits per heavy atom. The topological polar surface area (TPSA) is 132 Å². The lowest BCUT2D eigenvalue weighted by Crippen LogP contribution is -2.29. The predicted molar refractivity (Wildman–Crippen MR) is 262 cm³/mol. The number of hydrogen-bond acceptors (Lipinski definition) is 10. The summed E-state index contributed by atoms with van der Waals surface area (Å²) in [7, 11) is 0. The molecule has 344 valence electrons. The fraction of sp³-hybridized carbons (Fsp3) is 0.218. The van der Waals surface area contributed by atoms with Crippen molar-refractivity contribution in [2.24, 2.45) is 0 Å². The third-order valence-electron chi connectivity index (χ3n) is 10.5. The zero-order valence-electron chi connectivity index (χ0n) is 38.0. The minimum Gasteiger partial charge on any atom is -0.493 e. The van der Waals surface area contributed by atoms with E-state index in [2.05, 4.69) is 34.3 Å². The average molecular weight is 920 g/mol. The second kappa shape index (κ2) is 24.4. The molecule has 2 aromatic heterocycles. The summed E-state index contributed by atoms with van der Waals surface area (Å²) in [5, 5.41) is 13.5. The molecule has 0 aliphatic rings. The molecule has 8 rings (SSSR count). The van der Waals surface area contributed by atoms with Gasteiger partial charge in [-0.15, -0.1) is 0 Å². The molecule has 2 heterocycles. The Morgan fingerprint density at radius 1 is 0.612 bits per heavy atom. The predicted octanol–water partition coefficient (Wildman–Crippen LogP) is 12.2.